The smallest absolute Gasteiger partial charge is 0.227 e. The number of nitrogens with zero attached hydrogens (tertiary/aromatic N) is 2. The Morgan fingerprint density at radius 3 is 2.73 bits per heavy atom. The van der Waals surface area contributed by atoms with E-state index in [1.54, 1.807) is 6.08 Å². The summed E-state index contributed by atoms with van der Waals surface area (Å²) in [6.07, 6.45) is 6.52. The number of hydrogen-bond donors (Lipinski definition) is 0. The van der Waals surface area contributed by atoms with Gasteiger partial charge in [-0.25, -0.2) is 4.98 Å². The van der Waals surface area contributed by atoms with E-state index in [0.717, 1.165) is 45.3 Å². The van der Waals surface area contributed by atoms with Crippen LogP contribution in [0.5, 0.6) is 0 Å². The van der Waals surface area contributed by atoms with Crippen LogP contribution in [0.3, 0.4) is 0 Å². The number of pyridine rings is 1. The summed E-state index contributed by atoms with van der Waals surface area (Å²) in [5.74, 6) is 0. The lowest BCUT2D eigenvalue weighted by molar-refractivity contribution is 0.654. The van der Waals surface area contributed by atoms with Gasteiger partial charge in [-0.05, 0) is 42.3 Å². The molecule has 1 aliphatic rings. The maximum atomic E-state index is 6.09. The first-order valence-corrected chi connectivity index (χ1v) is 8.61. The van der Waals surface area contributed by atoms with Crippen molar-refractivity contribution in [2.24, 2.45) is 4.99 Å². The van der Waals surface area contributed by atoms with Crippen LogP contribution in [0, 0.1) is 0 Å². The fourth-order valence-electron chi connectivity index (χ4n) is 3.58. The van der Waals surface area contributed by atoms with Gasteiger partial charge in [0.25, 0.3) is 0 Å². The van der Waals surface area contributed by atoms with E-state index in [1.807, 2.05) is 30.5 Å². The first-order valence-electron chi connectivity index (χ1n) is 8.61. The lowest BCUT2D eigenvalue weighted by atomic mass is 9.95. The second-order valence-electron chi connectivity index (χ2n) is 6.29. The average Bonchev–Trinajstić information content (AvgIpc) is 2.93. The highest BCUT2D eigenvalue weighted by Crippen LogP contribution is 2.35. The molecule has 3 heteroatoms. The maximum absolute atomic E-state index is 6.09. The van der Waals surface area contributed by atoms with Crippen molar-refractivity contribution in [2.45, 2.75) is 6.42 Å². The van der Waals surface area contributed by atoms with Gasteiger partial charge in [0, 0.05) is 28.1 Å². The highest BCUT2D eigenvalue weighted by molar-refractivity contribution is 6.15. The predicted octanol–water partition coefficient (Wildman–Crippen LogP) is 5.69. The zero-order valence-electron chi connectivity index (χ0n) is 14.1. The zero-order chi connectivity index (χ0) is 17.5. The second-order valence-corrected chi connectivity index (χ2v) is 6.29. The number of benzene rings is 2. The van der Waals surface area contributed by atoms with Gasteiger partial charge in [-0.3, -0.25) is 4.99 Å². The number of hydrogen-bond acceptors (Lipinski definition) is 3. The second kappa shape index (κ2) is 5.81. The van der Waals surface area contributed by atoms with Gasteiger partial charge in [0.1, 0.15) is 5.58 Å². The van der Waals surface area contributed by atoms with E-state index in [9.17, 15) is 0 Å². The number of allylic oxidation sites excluding steroid dienone is 2. The van der Waals surface area contributed by atoms with Crippen molar-refractivity contribution in [2.75, 3.05) is 0 Å². The van der Waals surface area contributed by atoms with Gasteiger partial charge in [0.2, 0.25) is 5.71 Å². The summed E-state index contributed by atoms with van der Waals surface area (Å²) < 4.78 is 6.09. The Bertz CT molecular complexity index is 1210. The van der Waals surface area contributed by atoms with E-state index >= 15 is 0 Å². The molecule has 1 aliphatic heterocycles. The van der Waals surface area contributed by atoms with Gasteiger partial charge in [0.15, 0.2) is 0 Å². The van der Waals surface area contributed by atoms with Crippen molar-refractivity contribution < 1.29 is 4.42 Å². The molecule has 0 N–H and O–H groups in total. The summed E-state index contributed by atoms with van der Waals surface area (Å²) >= 11 is 0. The van der Waals surface area contributed by atoms with Crippen molar-refractivity contribution in [1.29, 1.82) is 0 Å². The molecular weight excluding hydrogens is 320 g/mol. The predicted molar refractivity (Wildman–Crippen MR) is 107 cm³/mol. The average molecular weight is 336 g/mol. The normalized spacial score (nSPS) is 13.5. The van der Waals surface area contributed by atoms with Crippen LogP contribution in [0.1, 0.15) is 11.1 Å². The molecule has 0 fully saturated rings. The molecule has 4 aromatic rings. The van der Waals surface area contributed by atoms with Crippen LogP contribution in [0.4, 0.5) is 0 Å². The SMILES string of the molecule is C=CC1=NC=CCc2c1ccc1oc3nc(-c4ccccc4)ccc3c21. The topological polar surface area (TPSA) is 38.4 Å². The van der Waals surface area contributed by atoms with E-state index in [0.29, 0.717) is 5.71 Å². The number of aromatic nitrogens is 1. The lowest BCUT2D eigenvalue weighted by Gasteiger charge is -2.07. The highest BCUT2D eigenvalue weighted by Gasteiger charge is 2.18. The molecule has 124 valence electrons. The molecule has 2 aromatic carbocycles. The molecule has 0 saturated heterocycles. The van der Waals surface area contributed by atoms with E-state index < -0.39 is 0 Å². The van der Waals surface area contributed by atoms with Gasteiger partial charge in [-0.15, -0.1) is 0 Å². The zero-order valence-corrected chi connectivity index (χ0v) is 14.1. The monoisotopic (exact) mass is 336 g/mol. The van der Waals surface area contributed by atoms with Crippen molar-refractivity contribution in [1.82, 2.24) is 4.98 Å². The molecule has 0 saturated carbocycles. The molecule has 0 aliphatic carbocycles. The Morgan fingerprint density at radius 2 is 1.88 bits per heavy atom. The third-order valence-corrected chi connectivity index (χ3v) is 4.79. The van der Waals surface area contributed by atoms with Gasteiger partial charge in [-0.2, -0.15) is 0 Å². The molecule has 0 unspecified atom stereocenters. The van der Waals surface area contributed by atoms with Crippen LogP contribution in [-0.2, 0) is 6.42 Å². The molecule has 3 heterocycles. The lowest BCUT2D eigenvalue weighted by Crippen LogP contribution is -2.00. The van der Waals surface area contributed by atoms with E-state index in [1.165, 1.54) is 5.56 Å². The van der Waals surface area contributed by atoms with Gasteiger partial charge in [-0.1, -0.05) is 43.0 Å². The van der Waals surface area contributed by atoms with Gasteiger partial charge in [0.05, 0.1) is 11.4 Å². The summed E-state index contributed by atoms with van der Waals surface area (Å²) in [6, 6.07) is 18.4. The Labute approximate surface area is 151 Å². The molecule has 26 heavy (non-hydrogen) atoms. The molecular formula is C23H16N2O. The van der Waals surface area contributed by atoms with Crippen LogP contribution in [0.15, 0.2) is 88.9 Å². The van der Waals surface area contributed by atoms with Crippen LogP contribution >= 0.6 is 0 Å². The summed E-state index contributed by atoms with van der Waals surface area (Å²) in [5.41, 5.74) is 6.72. The Morgan fingerprint density at radius 1 is 1.00 bits per heavy atom. The Kier molecular flexibility index (Phi) is 3.32. The fraction of sp³-hybridized carbons (Fsp3) is 0.0435. The summed E-state index contributed by atoms with van der Waals surface area (Å²) in [7, 11) is 0. The fourth-order valence-corrected chi connectivity index (χ4v) is 3.58. The van der Waals surface area contributed by atoms with Gasteiger partial charge >= 0.3 is 0 Å². The minimum atomic E-state index is 0.667. The highest BCUT2D eigenvalue weighted by atomic mass is 16.3. The number of fused-ring (bicyclic) bond motifs is 5. The third-order valence-electron chi connectivity index (χ3n) is 4.79. The van der Waals surface area contributed by atoms with E-state index in [2.05, 4.69) is 48.0 Å². The largest absolute Gasteiger partial charge is 0.438 e. The Balaban J connectivity index is 1.79. The molecule has 3 nitrogen and oxygen atoms in total. The van der Waals surface area contributed by atoms with Crippen molar-refractivity contribution in [3.8, 4) is 11.3 Å². The minimum absolute atomic E-state index is 0.667. The van der Waals surface area contributed by atoms with E-state index in [4.69, 9.17) is 9.40 Å². The first-order chi connectivity index (χ1) is 12.8. The molecule has 0 bridgehead atoms. The van der Waals surface area contributed by atoms with Crippen LogP contribution in [0.25, 0.3) is 33.3 Å². The molecule has 0 amide bonds. The number of furan rings is 1. The molecule has 0 atom stereocenters. The number of rotatable bonds is 2. The molecule has 2 aromatic heterocycles. The van der Waals surface area contributed by atoms with Crippen molar-refractivity contribution >= 4 is 27.8 Å². The summed E-state index contributed by atoms with van der Waals surface area (Å²) in [6.45, 7) is 3.90. The van der Waals surface area contributed by atoms with Crippen molar-refractivity contribution in [3.63, 3.8) is 0 Å². The van der Waals surface area contributed by atoms with Crippen LogP contribution in [0.2, 0.25) is 0 Å². The van der Waals surface area contributed by atoms with Gasteiger partial charge < -0.3 is 4.42 Å². The first kappa shape index (κ1) is 14.8. The number of aliphatic imine (C=N–C) groups is 1. The Hall–Kier alpha value is -3.46. The summed E-state index contributed by atoms with van der Waals surface area (Å²) in [5, 5.41) is 2.15. The van der Waals surface area contributed by atoms with E-state index in [-0.39, 0.29) is 0 Å². The quantitative estimate of drug-likeness (QED) is 0.471. The maximum Gasteiger partial charge on any atom is 0.227 e. The third kappa shape index (κ3) is 2.21. The van der Waals surface area contributed by atoms with Crippen molar-refractivity contribution in [3.05, 3.63) is 90.7 Å². The minimum Gasteiger partial charge on any atom is -0.438 e. The summed E-state index contributed by atoms with van der Waals surface area (Å²) in [4.78, 5) is 9.24. The molecule has 0 spiro atoms. The molecule has 5 rings (SSSR count). The molecule has 0 radical (unpaired) electrons. The van der Waals surface area contributed by atoms with Crippen LogP contribution in [-0.4, -0.2) is 10.7 Å². The van der Waals surface area contributed by atoms with Crippen LogP contribution < -0.4 is 0 Å². The standard InChI is InChI=1S/C23H16N2O/c1-2-19-16-11-13-21-22(17(16)9-6-14-24-19)18-10-12-20(25-23(18)26-21)15-7-4-3-5-8-15/h2-8,10-14H,1,9H2.